The maximum atomic E-state index is 12.6. The van der Waals surface area contributed by atoms with Crippen molar-refractivity contribution in [2.75, 3.05) is 19.0 Å². The number of oxazole rings is 1. The van der Waals surface area contributed by atoms with E-state index in [1.54, 1.807) is 75.6 Å². The summed E-state index contributed by atoms with van der Waals surface area (Å²) in [4.78, 5) is 40.8. The lowest BCUT2D eigenvalue weighted by atomic mass is 9.97. The highest BCUT2D eigenvalue weighted by Crippen LogP contribution is 2.27. The minimum absolute atomic E-state index is 0.103. The smallest absolute Gasteiger partial charge is 0.327 e. The third-order valence-corrected chi connectivity index (χ3v) is 6.91. The summed E-state index contributed by atoms with van der Waals surface area (Å²) in [5, 5.41) is 12.0. The maximum absolute atomic E-state index is 12.6. The number of nitrogens with two attached hydrogens (primary N) is 1. The molecule has 0 spiro atoms. The van der Waals surface area contributed by atoms with Crippen LogP contribution in [0.2, 0.25) is 0 Å². The van der Waals surface area contributed by atoms with Crippen LogP contribution in [-0.2, 0) is 27.2 Å². The van der Waals surface area contributed by atoms with Crippen LogP contribution in [0.15, 0.2) is 71.1 Å². The lowest BCUT2D eigenvalue weighted by Crippen LogP contribution is -2.27. The predicted molar refractivity (Wildman–Crippen MR) is 167 cm³/mol. The molecule has 0 aliphatic heterocycles. The molecule has 0 saturated heterocycles. The number of aryl methyl sites for hydroxylation is 2. The van der Waals surface area contributed by atoms with Crippen molar-refractivity contribution in [3.8, 4) is 23.0 Å². The number of benzene rings is 3. The molecule has 3 aromatic carbocycles. The van der Waals surface area contributed by atoms with E-state index in [9.17, 15) is 14.4 Å². The molecule has 1 amide bonds. The zero-order valence-electron chi connectivity index (χ0n) is 25.7. The number of aliphatic carboxylic acids is 1. The normalized spacial score (nSPS) is 11.6. The van der Waals surface area contributed by atoms with Crippen molar-refractivity contribution < 1.29 is 38.1 Å². The van der Waals surface area contributed by atoms with Crippen LogP contribution >= 0.6 is 0 Å². The number of amides is 1. The van der Waals surface area contributed by atoms with E-state index in [-0.39, 0.29) is 31.5 Å². The summed E-state index contributed by atoms with van der Waals surface area (Å²) in [6, 6.07) is 18.0. The molecule has 4 aromatic rings. The van der Waals surface area contributed by atoms with Crippen molar-refractivity contribution in [3.05, 3.63) is 94.9 Å². The van der Waals surface area contributed by atoms with Gasteiger partial charge in [0.15, 0.2) is 0 Å². The van der Waals surface area contributed by atoms with Gasteiger partial charge in [-0.1, -0.05) is 6.07 Å². The van der Waals surface area contributed by atoms with Crippen LogP contribution in [0.1, 0.15) is 59.2 Å². The Hall–Kier alpha value is -5.16. The highest BCUT2D eigenvalue weighted by atomic mass is 16.5. The molecule has 0 saturated carbocycles. The first-order valence-electron chi connectivity index (χ1n) is 14.5. The molecule has 4 rings (SSSR count). The summed E-state index contributed by atoms with van der Waals surface area (Å²) in [6.07, 6.45) is 0.214. The largest absolute Gasteiger partial charge is 0.497 e. The summed E-state index contributed by atoms with van der Waals surface area (Å²) >= 11 is 0. The minimum Gasteiger partial charge on any atom is -0.497 e. The van der Waals surface area contributed by atoms with Gasteiger partial charge in [0.25, 0.3) is 5.91 Å². The fourth-order valence-electron chi connectivity index (χ4n) is 4.54. The number of rotatable bonds is 14. The molecule has 11 heteroatoms. The molecule has 236 valence electrons. The van der Waals surface area contributed by atoms with E-state index < -0.39 is 18.0 Å². The van der Waals surface area contributed by atoms with Crippen molar-refractivity contribution >= 4 is 23.5 Å². The van der Waals surface area contributed by atoms with Crippen LogP contribution < -0.4 is 20.5 Å². The monoisotopic (exact) mass is 615 g/mol. The summed E-state index contributed by atoms with van der Waals surface area (Å²) in [6.45, 7) is 5.55. The SMILES string of the molecule is COc1ccc(C(=O)Nc2ccc(-c3nc(CCOc4ccc(CCC(=O)O)c(C(N)C(=O)OC(C)C)c4)c(C)o3)cc2)cc1. The molecule has 0 aliphatic rings. The van der Waals surface area contributed by atoms with Gasteiger partial charge in [-0.3, -0.25) is 9.59 Å². The van der Waals surface area contributed by atoms with Crippen LogP contribution in [0.5, 0.6) is 11.5 Å². The molecular weight excluding hydrogens is 578 g/mol. The Kier molecular flexibility index (Phi) is 10.9. The topological polar surface area (TPSA) is 163 Å². The van der Waals surface area contributed by atoms with Crippen LogP contribution in [0, 0.1) is 6.92 Å². The maximum Gasteiger partial charge on any atom is 0.327 e. The first-order chi connectivity index (χ1) is 21.5. The number of hydrogen-bond donors (Lipinski definition) is 3. The van der Waals surface area contributed by atoms with Gasteiger partial charge < -0.3 is 34.8 Å². The zero-order valence-corrected chi connectivity index (χ0v) is 25.7. The Morgan fingerprint density at radius 2 is 1.67 bits per heavy atom. The Bertz CT molecular complexity index is 1630. The van der Waals surface area contributed by atoms with Crippen LogP contribution in [0.4, 0.5) is 5.69 Å². The second-order valence-electron chi connectivity index (χ2n) is 10.6. The lowest BCUT2D eigenvalue weighted by Gasteiger charge is -2.18. The first kappa shape index (κ1) is 32.7. The van der Waals surface area contributed by atoms with E-state index in [2.05, 4.69) is 10.3 Å². The summed E-state index contributed by atoms with van der Waals surface area (Å²) < 4.78 is 22.3. The quantitative estimate of drug-likeness (QED) is 0.154. The molecule has 4 N–H and O–H groups in total. The summed E-state index contributed by atoms with van der Waals surface area (Å²) in [5.41, 5.74) is 9.91. The number of ether oxygens (including phenoxy) is 3. The molecule has 11 nitrogen and oxygen atoms in total. The van der Waals surface area contributed by atoms with Crippen LogP contribution in [0.3, 0.4) is 0 Å². The van der Waals surface area contributed by atoms with Gasteiger partial charge in [0.2, 0.25) is 5.89 Å². The number of carboxylic acid groups (broad SMARTS) is 1. The number of esters is 1. The van der Waals surface area contributed by atoms with Crippen molar-refractivity contribution in [1.82, 2.24) is 4.98 Å². The molecule has 0 bridgehead atoms. The van der Waals surface area contributed by atoms with Crippen molar-refractivity contribution in [2.24, 2.45) is 5.73 Å². The fourth-order valence-corrected chi connectivity index (χ4v) is 4.54. The number of nitrogens with one attached hydrogen (secondary N) is 1. The summed E-state index contributed by atoms with van der Waals surface area (Å²) in [5.74, 6) is 0.450. The Labute approximate surface area is 261 Å². The lowest BCUT2D eigenvalue weighted by molar-refractivity contribution is -0.149. The van der Waals surface area contributed by atoms with Gasteiger partial charge in [0.1, 0.15) is 23.3 Å². The molecule has 45 heavy (non-hydrogen) atoms. The first-order valence-corrected chi connectivity index (χ1v) is 14.5. The van der Waals surface area contributed by atoms with E-state index in [1.165, 1.54) is 0 Å². The number of hydrogen-bond acceptors (Lipinski definition) is 9. The second-order valence-corrected chi connectivity index (χ2v) is 10.6. The average Bonchev–Trinajstić information content (AvgIpc) is 3.39. The van der Waals surface area contributed by atoms with E-state index >= 15 is 0 Å². The number of methoxy groups -OCH3 is 1. The van der Waals surface area contributed by atoms with Crippen molar-refractivity contribution in [3.63, 3.8) is 0 Å². The predicted octanol–water partition coefficient (Wildman–Crippen LogP) is 5.50. The molecular formula is C34H37N3O8. The van der Waals surface area contributed by atoms with E-state index in [0.29, 0.717) is 51.9 Å². The molecule has 1 aromatic heterocycles. The number of nitrogens with zero attached hydrogens (tertiary/aromatic N) is 1. The third-order valence-electron chi connectivity index (χ3n) is 6.91. The van der Waals surface area contributed by atoms with Crippen molar-refractivity contribution in [2.45, 2.75) is 52.2 Å². The number of aromatic nitrogens is 1. The van der Waals surface area contributed by atoms with Gasteiger partial charge >= 0.3 is 11.9 Å². The minimum atomic E-state index is -1.08. The fraction of sp³-hybridized carbons (Fsp3) is 0.294. The van der Waals surface area contributed by atoms with E-state index in [1.807, 2.05) is 19.1 Å². The highest BCUT2D eigenvalue weighted by Gasteiger charge is 2.23. The van der Waals surface area contributed by atoms with Gasteiger partial charge in [0, 0.05) is 29.7 Å². The third kappa shape index (κ3) is 8.93. The number of carbonyl (C=O) groups excluding carboxylic acids is 2. The Balaban J connectivity index is 1.38. The molecule has 1 unspecified atom stereocenters. The Morgan fingerprint density at radius 3 is 2.31 bits per heavy atom. The van der Waals surface area contributed by atoms with Crippen molar-refractivity contribution in [1.29, 1.82) is 0 Å². The van der Waals surface area contributed by atoms with Gasteiger partial charge in [-0.15, -0.1) is 0 Å². The van der Waals surface area contributed by atoms with Crippen LogP contribution in [0.25, 0.3) is 11.5 Å². The number of carboxylic acids is 1. The van der Waals surface area contributed by atoms with Gasteiger partial charge in [0.05, 0.1) is 25.5 Å². The van der Waals surface area contributed by atoms with E-state index in [4.69, 9.17) is 29.5 Å². The number of anilines is 1. The average molecular weight is 616 g/mol. The second kappa shape index (κ2) is 15.0. The zero-order chi connectivity index (χ0) is 32.5. The van der Waals surface area contributed by atoms with Crippen LogP contribution in [-0.4, -0.2) is 47.8 Å². The summed E-state index contributed by atoms with van der Waals surface area (Å²) in [7, 11) is 1.57. The number of carbonyl (C=O) groups is 3. The molecule has 0 aliphatic carbocycles. The van der Waals surface area contributed by atoms with E-state index in [0.717, 1.165) is 11.3 Å². The van der Waals surface area contributed by atoms with Gasteiger partial charge in [-0.2, -0.15) is 0 Å². The molecule has 0 radical (unpaired) electrons. The van der Waals surface area contributed by atoms with Gasteiger partial charge in [-0.05, 0) is 99.0 Å². The Morgan fingerprint density at radius 1 is 0.978 bits per heavy atom. The standard InChI is InChI=1S/C34H37N3O8/c1-20(2)44-34(41)31(35)28-19-27(15-7-22(28)10-16-30(38)39)43-18-17-29-21(3)45-33(37-29)24-5-11-25(12-6-24)36-32(40)23-8-13-26(42-4)14-9-23/h5-9,11-15,19-20,31H,10,16-18,35H2,1-4H3,(H,36,40)(H,38,39). The molecule has 0 fully saturated rings. The molecule has 1 heterocycles. The highest BCUT2D eigenvalue weighted by molar-refractivity contribution is 6.04. The molecule has 1 atom stereocenters. The van der Waals surface area contributed by atoms with Gasteiger partial charge in [-0.25, -0.2) is 9.78 Å².